The molecule has 6 heteroatoms. The van der Waals surface area contributed by atoms with E-state index >= 15 is 0 Å². The van der Waals surface area contributed by atoms with Gasteiger partial charge in [-0.05, 0) is 19.1 Å². The van der Waals surface area contributed by atoms with Crippen molar-refractivity contribution < 1.29 is 4.52 Å². The van der Waals surface area contributed by atoms with Crippen molar-refractivity contribution in [3.8, 4) is 11.4 Å². The van der Waals surface area contributed by atoms with E-state index < -0.39 is 0 Å². The Balaban J connectivity index is 1.75. The molecule has 20 heavy (non-hydrogen) atoms. The van der Waals surface area contributed by atoms with Crippen LogP contribution in [-0.2, 0) is 6.54 Å². The minimum absolute atomic E-state index is 0.472. The molecule has 1 aromatic heterocycles. The fourth-order valence-electron chi connectivity index (χ4n) is 2.36. The smallest absolute Gasteiger partial charge is 0.241 e. The summed E-state index contributed by atoms with van der Waals surface area (Å²) in [5.74, 6) is 1.18. The van der Waals surface area contributed by atoms with Crippen LogP contribution in [0.2, 0.25) is 5.02 Å². The van der Waals surface area contributed by atoms with Crippen molar-refractivity contribution in [1.29, 1.82) is 0 Å². The van der Waals surface area contributed by atoms with Crippen molar-refractivity contribution >= 4 is 11.6 Å². The third-order valence-electron chi connectivity index (χ3n) is 3.56. The number of hydrogen-bond donors (Lipinski definition) is 1. The van der Waals surface area contributed by atoms with Gasteiger partial charge in [-0.25, -0.2) is 0 Å². The number of piperazine rings is 1. The minimum Gasteiger partial charge on any atom is -0.338 e. The van der Waals surface area contributed by atoms with E-state index in [4.69, 9.17) is 16.1 Å². The van der Waals surface area contributed by atoms with Gasteiger partial charge in [-0.15, -0.1) is 0 Å². The second-order valence-corrected chi connectivity index (χ2v) is 5.42. The lowest BCUT2D eigenvalue weighted by molar-refractivity contribution is 0.146. The molecular weight excluding hydrogens is 276 g/mol. The van der Waals surface area contributed by atoms with E-state index in [0.717, 1.165) is 25.2 Å². The van der Waals surface area contributed by atoms with Crippen LogP contribution in [0.3, 0.4) is 0 Å². The lowest BCUT2D eigenvalue weighted by Gasteiger charge is -2.32. The molecule has 1 N–H and O–H groups in total. The van der Waals surface area contributed by atoms with E-state index in [1.165, 1.54) is 0 Å². The highest BCUT2D eigenvalue weighted by Crippen LogP contribution is 2.25. The van der Waals surface area contributed by atoms with Crippen LogP contribution in [0.4, 0.5) is 0 Å². The molecule has 2 heterocycles. The maximum atomic E-state index is 6.14. The van der Waals surface area contributed by atoms with Gasteiger partial charge >= 0.3 is 0 Å². The van der Waals surface area contributed by atoms with Gasteiger partial charge in [0.1, 0.15) is 0 Å². The molecule has 1 aliphatic heterocycles. The van der Waals surface area contributed by atoms with Crippen LogP contribution in [0, 0.1) is 0 Å². The lowest BCUT2D eigenvalue weighted by atomic mass is 10.2. The first-order chi connectivity index (χ1) is 9.74. The summed E-state index contributed by atoms with van der Waals surface area (Å²) in [6.45, 7) is 5.85. The van der Waals surface area contributed by atoms with E-state index in [0.29, 0.717) is 29.3 Å². The van der Waals surface area contributed by atoms with Gasteiger partial charge in [-0.1, -0.05) is 28.9 Å². The third kappa shape index (κ3) is 2.85. The number of nitrogens with one attached hydrogen (secondary N) is 1. The quantitative estimate of drug-likeness (QED) is 0.940. The van der Waals surface area contributed by atoms with Crippen LogP contribution in [0.5, 0.6) is 0 Å². The summed E-state index contributed by atoms with van der Waals surface area (Å²) in [6.07, 6.45) is 0. The van der Waals surface area contributed by atoms with Gasteiger partial charge in [-0.2, -0.15) is 4.98 Å². The number of aromatic nitrogens is 2. The lowest BCUT2D eigenvalue weighted by Crippen LogP contribution is -2.49. The standard InChI is InChI=1S/C14H17ClN4O/c1-10-8-16-6-7-19(10)9-13-17-14(18-20-13)11-4-2-3-5-12(11)15/h2-5,10,16H,6-9H2,1H3/t10-/m1/s1. The number of rotatable bonds is 3. The van der Waals surface area contributed by atoms with Gasteiger partial charge in [0.2, 0.25) is 11.7 Å². The highest BCUT2D eigenvalue weighted by atomic mass is 35.5. The van der Waals surface area contributed by atoms with Crippen molar-refractivity contribution in [2.45, 2.75) is 19.5 Å². The maximum Gasteiger partial charge on any atom is 0.241 e. The SMILES string of the molecule is C[C@@H]1CNCCN1Cc1nc(-c2ccccc2Cl)no1. The predicted molar refractivity (Wildman–Crippen MR) is 77.5 cm³/mol. The van der Waals surface area contributed by atoms with Crippen molar-refractivity contribution in [2.75, 3.05) is 19.6 Å². The Kier molecular flexibility index (Phi) is 4.00. The van der Waals surface area contributed by atoms with Gasteiger partial charge in [0, 0.05) is 31.2 Å². The summed E-state index contributed by atoms with van der Waals surface area (Å²) >= 11 is 6.14. The van der Waals surface area contributed by atoms with E-state index in [9.17, 15) is 0 Å². The molecule has 1 saturated heterocycles. The summed E-state index contributed by atoms with van der Waals surface area (Å²) in [4.78, 5) is 6.78. The van der Waals surface area contributed by atoms with Gasteiger partial charge < -0.3 is 9.84 Å². The zero-order valence-corrected chi connectivity index (χ0v) is 12.1. The summed E-state index contributed by atoms with van der Waals surface area (Å²) in [7, 11) is 0. The first kappa shape index (κ1) is 13.5. The Bertz CT molecular complexity index is 586. The van der Waals surface area contributed by atoms with Crippen LogP contribution in [0.25, 0.3) is 11.4 Å². The molecule has 1 fully saturated rings. The Hall–Kier alpha value is -1.43. The van der Waals surface area contributed by atoms with Crippen LogP contribution in [0.15, 0.2) is 28.8 Å². The summed E-state index contributed by atoms with van der Waals surface area (Å²) in [6, 6.07) is 7.99. The fraction of sp³-hybridized carbons (Fsp3) is 0.429. The first-order valence-electron chi connectivity index (χ1n) is 6.76. The molecule has 0 saturated carbocycles. The molecule has 0 bridgehead atoms. The molecule has 1 aliphatic rings. The monoisotopic (exact) mass is 292 g/mol. The molecule has 0 unspecified atom stereocenters. The Morgan fingerprint density at radius 1 is 1.45 bits per heavy atom. The van der Waals surface area contributed by atoms with Crippen LogP contribution < -0.4 is 5.32 Å². The summed E-state index contributed by atoms with van der Waals surface area (Å²) < 4.78 is 5.34. The topological polar surface area (TPSA) is 54.2 Å². The number of halogens is 1. The van der Waals surface area contributed by atoms with Crippen molar-refractivity contribution in [1.82, 2.24) is 20.4 Å². The van der Waals surface area contributed by atoms with Crippen molar-refractivity contribution in [3.63, 3.8) is 0 Å². The summed E-state index contributed by atoms with van der Waals surface area (Å²) in [5, 5.41) is 8.02. The highest BCUT2D eigenvalue weighted by Gasteiger charge is 2.21. The number of benzene rings is 1. The van der Waals surface area contributed by atoms with Crippen LogP contribution in [0.1, 0.15) is 12.8 Å². The summed E-state index contributed by atoms with van der Waals surface area (Å²) in [5.41, 5.74) is 0.803. The molecular formula is C14H17ClN4O. The van der Waals surface area contributed by atoms with Crippen LogP contribution >= 0.6 is 11.6 Å². The van der Waals surface area contributed by atoms with Gasteiger partial charge in [-0.3, -0.25) is 4.90 Å². The zero-order valence-electron chi connectivity index (χ0n) is 11.3. The first-order valence-corrected chi connectivity index (χ1v) is 7.14. The molecule has 5 nitrogen and oxygen atoms in total. The van der Waals surface area contributed by atoms with Gasteiger partial charge in [0.25, 0.3) is 0 Å². The van der Waals surface area contributed by atoms with Gasteiger partial charge in [0.05, 0.1) is 11.6 Å². The molecule has 3 rings (SSSR count). The Morgan fingerprint density at radius 3 is 3.10 bits per heavy atom. The molecule has 0 radical (unpaired) electrons. The normalized spacial score (nSPS) is 20.2. The second kappa shape index (κ2) is 5.91. The largest absolute Gasteiger partial charge is 0.338 e. The average molecular weight is 293 g/mol. The Labute approximate surface area is 122 Å². The average Bonchev–Trinajstić information content (AvgIpc) is 2.90. The molecule has 0 aliphatic carbocycles. The zero-order chi connectivity index (χ0) is 13.9. The Morgan fingerprint density at radius 2 is 2.30 bits per heavy atom. The van der Waals surface area contributed by atoms with E-state index in [1.807, 2.05) is 24.3 Å². The van der Waals surface area contributed by atoms with E-state index in [2.05, 4.69) is 27.3 Å². The molecule has 0 spiro atoms. The van der Waals surface area contributed by atoms with Crippen molar-refractivity contribution in [2.24, 2.45) is 0 Å². The molecule has 0 amide bonds. The number of hydrogen-bond acceptors (Lipinski definition) is 5. The van der Waals surface area contributed by atoms with E-state index in [1.54, 1.807) is 0 Å². The minimum atomic E-state index is 0.472. The molecule has 106 valence electrons. The second-order valence-electron chi connectivity index (χ2n) is 5.02. The number of nitrogens with zero attached hydrogens (tertiary/aromatic N) is 3. The highest BCUT2D eigenvalue weighted by molar-refractivity contribution is 6.33. The fourth-order valence-corrected chi connectivity index (χ4v) is 2.58. The van der Waals surface area contributed by atoms with Gasteiger partial charge in [0.15, 0.2) is 0 Å². The van der Waals surface area contributed by atoms with E-state index in [-0.39, 0.29) is 0 Å². The maximum absolute atomic E-state index is 6.14. The molecule has 1 atom stereocenters. The van der Waals surface area contributed by atoms with Crippen LogP contribution in [-0.4, -0.2) is 40.7 Å². The molecule has 1 aromatic carbocycles. The molecule has 2 aromatic rings. The van der Waals surface area contributed by atoms with Crippen molar-refractivity contribution in [3.05, 3.63) is 35.2 Å². The third-order valence-corrected chi connectivity index (χ3v) is 3.89. The predicted octanol–water partition coefficient (Wildman–Crippen LogP) is 2.18.